The average molecular weight is 280 g/mol. The average Bonchev–Trinajstić information content (AvgIpc) is 2.34. The van der Waals surface area contributed by atoms with E-state index in [0.717, 1.165) is 6.42 Å². The van der Waals surface area contributed by atoms with Crippen molar-refractivity contribution in [2.24, 2.45) is 0 Å². The van der Waals surface area contributed by atoms with Crippen LogP contribution in [-0.2, 0) is 16.1 Å². The first-order valence-electron chi connectivity index (χ1n) is 7.27. The van der Waals surface area contributed by atoms with Crippen molar-refractivity contribution in [3.8, 4) is 0 Å². The number of ether oxygens (including phenoxy) is 2. The molecule has 0 saturated carbocycles. The van der Waals surface area contributed by atoms with E-state index in [1.165, 1.54) is 5.56 Å². The summed E-state index contributed by atoms with van der Waals surface area (Å²) in [4.78, 5) is 0. The Bertz CT molecular complexity index is 366. The van der Waals surface area contributed by atoms with Crippen molar-refractivity contribution >= 4 is 0 Å². The van der Waals surface area contributed by atoms with Crippen molar-refractivity contribution in [1.82, 2.24) is 0 Å². The molecule has 1 rings (SSSR count). The minimum atomic E-state index is -0.667. The number of aliphatic hydroxyl groups is 1. The second kappa shape index (κ2) is 7.77. The topological polar surface area (TPSA) is 38.7 Å². The van der Waals surface area contributed by atoms with E-state index in [-0.39, 0.29) is 5.60 Å². The standard InChI is InChI=1S/C17H28O3/c1-16(2,18)10-13-20-17(3,4)11-12-19-14-15-8-6-5-7-9-15/h5-9,18H,10-14H2,1-4H3. The lowest BCUT2D eigenvalue weighted by Crippen LogP contribution is -2.30. The van der Waals surface area contributed by atoms with Gasteiger partial charge >= 0.3 is 0 Å². The first kappa shape index (κ1) is 17.2. The Hall–Kier alpha value is -0.900. The van der Waals surface area contributed by atoms with Gasteiger partial charge in [0, 0.05) is 6.61 Å². The molecule has 0 atom stereocenters. The van der Waals surface area contributed by atoms with Crippen molar-refractivity contribution in [2.45, 2.75) is 58.3 Å². The SMILES string of the molecule is CC(C)(O)CCOC(C)(C)CCOCc1ccccc1. The zero-order chi connectivity index (χ0) is 15.1. The van der Waals surface area contributed by atoms with E-state index in [1.807, 2.05) is 18.2 Å². The Kier molecular flexibility index (Phi) is 6.66. The van der Waals surface area contributed by atoms with E-state index in [9.17, 15) is 5.11 Å². The molecule has 1 aromatic carbocycles. The van der Waals surface area contributed by atoms with Crippen molar-refractivity contribution in [2.75, 3.05) is 13.2 Å². The lowest BCUT2D eigenvalue weighted by atomic mass is 10.0. The van der Waals surface area contributed by atoms with Crippen LogP contribution in [-0.4, -0.2) is 29.5 Å². The molecule has 0 fully saturated rings. The molecule has 0 spiro atoms. The highest BCUT2D eigenvalue weighted by molar-refractivity contribution is 5.13. The molecule has 0 aromatic heterocycles. The van der Waals surface area contributed by atoms with E-state index in [4.69, 9.17) is 9.47 Å². The Labute approximate surface area is 122 Å². The molecule has 0 unspecified atom stereocenters. The molecule has 114 valence electrons. The molecule has 20 heavy (non-hydrogen) atoms. The molecule has 0 aliphatic carbocycles. The predicted octanol–water partition coefficient (Wildman–Crippen LogP) is 3.55. The molecule has 0 aliphatic rings. The minimum Gasteiger partial charge on any atom is -0.390 e. The second-order valence-electron chi connectivity index (χ2n) is 6.46. The molecule has 0 bridgehead atoms. The third-order valence-corrected chi connectivity index (χ3v) is 3.17. The molecule has 0 saturated heterocycles. The fraction of sp³-hybridized carbons (Fsp3) is 0.647. The van der Waals surface area contributed by atoms with Gasteiger partial charge in [-0.15, -0.1) is 0 Å². The van der Waals surface area contributed by atoms with Gasteiger partial charge in [-0.25, -0.2) is 0 Å². The molecule has 0 aliphatic heterocycles. The first-order chi connectivity index (χ1) is 9.29. The number of hydrogen-bond donors (Lipinski definition) is 1. The summed E-state index contributed by atoms with van der Waals surface area (Å²) in [5.41, 5.74) is 0.301. The normalized spacial score (nSPS) is 12.7. The maximum atomic E-state index is 9.65. The van der Waals surface area contributed by atoms with Gasteiger partial charge in [0.2, 0.25) is 0 Å². The molecule has 0 heterocycles. The fourth-order valence-electron chi connectivity index (χ4n) is 1.73. The molecular formula is C17H28O3. The summed E-state index contributed by atoms with van der Waals surface area (Å²) in [7, 11) is 0. The second-order valence-corrected chi connectivity index (χ2v) is 6.46. The third kappa shape index (κ3) is 8.31. The molecule has 3 heteroatoms. The van der Waals surface area contributed by atoms with Crippen LogP contribution in [0.1, 0.15) is 46.1 Å². The van der Waals surface area contributed by atoms with Crippen LogP contribution < -0.4 is 0 Å². The number of hydrogen-bond acceptors (Lipinski definition) is 3. The maximum absolute atomic E-state index is 9.65. The van der Waals surface area contributed by atoms with E-state index in [1.54, 1.807) is 13.8 Å². The number of rotatable bonds is 9. The molecule has 0 amide bonds. The molecule has 3 nitrogen and oxygen atoms in total. The Morgan fingerprint density at radius 1 is 0.950 bits per heavy atom. The monoisotopic (exact) mass is 280 g/mol. The zero-order valence-electron chi connectivity index (χ0n) is 13.2. The largest absolute Gasteiger partial charge is 0.390 e. The summed E-state index contributed by atoms with van der Waals surface area (Å²) in [5.74, 6) is 0. The van der Waals surface area contributed by atoms with Gasteiger partial charge < -0.3 is 14.6 Å². The van der Waals surface area contributed by atoms with Crippen molar-refractivity contribution in [3.05, 3.63) is 35.9 Å². The van der Waals surface area contributed by atoms with Crippen LogP contribution in [0, 0.1) is 0 Å². The van der Waals surface area contributed by atoms with Crippen LogP contribution >= 0.6 is 0 Å². The highest BCUT2D eigenvalue weighted by Gasteiger charge is 2.20. The van der Waals surface area contributed by atoms with Gasteiger partial charge in [0.25, 0.3) is 0 Å². The van der Waals surface area contributed by atoms with E-state index in [2.05, 4.69) is 26.0 Å². The maximum Gasteiger partial charge on any atom is 0.0716 e. The van der Waals surface area contributed by atoms with Crippen LogP contribution in [0.2, 0.25) is 0 Å². The van der Waals surface area contributed by atoms with Gasteiger partial charge in [0.15, 0.2) is 0 Å². The first-order valence-corrected chi connectivity index (χ1v) is 7.27. The van der Waals surface area contributed by atoms with Crippen LogP contribution in [0.5, 0.6) is 0 Å². The molecule has 0 radical (unpaired) electrons. The van der Waals surface area contributed by atoms with E-state index in [0.29, 0.717) is 26.2 Å². The van der Waals surface area contributed by atoms with Gasteiger partial charge in [-0.2, -0.15) is 0 Å². The summed E-state index contributed by atoms with van der Waals surface area (Å²) in [6, 6.07) is 10.2. The highest BCUT2D eigenvalue weighted by atomic mass is 16.5. The van der Waals surface area contributed by atoms with Crippen LogP contribution in [0.15, 0.2) is 30.3 Å². The predicted molar refractivity (Wildman–Crippen MR) is 81.7 cm³/mol. The highest BCUT2D eigenvalue weighted by Crippen LogP contribution is 2.17. The lowest BCUT2D eigenvalue weighted by Gasteiger charge is -2.27. The minimum absolute atomic E-state index is 0.220. The van der Waals surface area contributed by atoms with Crippen molar-refractivity contribution < 1.29 is 14.6 Å². The summed E-state index contributed by atoms with van der Waals surface area (Å²) < 4.78 is 11.5. The summed E-state index contributed by atoms with van der Waals surface area (Å²) >= 11 is 0. The zero-order valence-corrected chi connectivity index (χ0v) is 13.2. The van der Waals surface area contributed by atoms with Gasteiger partial charge in [0.05, 0.1) is 24.4 Å². The van der Waals surface area contributed by atoms with Gasteiger partial charge in [0.1, 0.15) is 0 Å². The van der Waals surface area contributed by atoms with Gasteiger partial charge in [-0.3, -0.25) is 0 Å². The quantitative estimate of drug-likeness (QED) is 0.703. The van der Waals surface area contributed by atoms with Crippen LogP contribution in [0.4, 0.5) is 0 Å². The van der Waals surface area contributed by atoms with Crippen molar-refractivity contribution in [1.29, 1.82) is 0 Å². The Morgan fingerprint density at radius 2 is 1.60 bits per heavy atom. The smallest absolute Gasteiger partial charge is 0.0716 e. The van der Waals surface area contributed by atoms with Gasteiger partial charge in [-0.1, -0.05) is 30.3 Å². The summed E-state index contributed by atoms with van der Waals surface area (Å²) in [6.45, 7) is 9.59. The molecule has 1 aromatic rings. The molecule has 1 N–H and O–H groups in total. The molecular weight excluding hydrogens is 252 g/mol. The summed E-state index contributed by atoms with van der Waals surface area (Å²) in [5, 5.41) is 9.65. The van der Waals surface area contributed by atoms with E-state index >= 15 is 0 Å². The Morgan fingerprint density at radius 3 is 2.20 bits per heavy atom. The fourth-order valence-corrected chi connectivity index (χ4v) is 1.73. The van der Waals surface area contributed by atoms with E-state index < -0.39 is 5.60 Å². The summed E-state index contributed by atoms with van der Waals surface area (Å²) in [6.07, 6.45) is 1.48. The van der Waals surface area contributed by atoms with Gasteiger partial charge in [-0.05, 0) is 46.1 Å². The number of benzene rings is 1. The van der Waals surface area contributed by atoms with Crippen LogP contribution in [0.25, 0.3) is 0 Å². The lowest BCUT2D eigenvalue weighted by molar-refractivity contribution is -0.0623. The Balaban J connectivity index is 2.16. The van der Waals surface area contributed by atoms with Crippen LogP contribution in [0.3, 0.4) is 0 Å². The van der Waals surface area contributed by atoms with Crippen molar-refractivity contribution in [3.63, 3.8) is 0 Å². The third-order valence-electron chi connectivity index (χ3n) is 3.17.